The molecule has 0 saturated heterocycles. The normalized spacial score (nSPS) is 10.7. The van der Waals surface area contributed by atoms with Crippen LogP contribution in [0.15, 0.2) is 44.4 Å². The maximum atomic E-state index is 12.4. The molecule has 0 unspecified atom stereocenters. The molecule has 10 nitrogen and oxygen atoms in total. The van der Waals surface area contributed by atoms with Crippen molar-refractivity contribution in [2.24, 2.45) is 7.05 Å². The summed E-state index contributed by atoms with van der Waals surface area (Å²) >= 11 is 0. The van der Waals surface area contributed by atoms with Crippen molar-refractivity contribution in [3.63, 3.8) is 0 Å². The van der Waals surface area contributed by atoms with Crippen molar-refractivity contribution in [3.8, 4) is 17.2 Å². The summed E-state index contributed by atoms with van der Waals surface area (Å²) in [5.74, 6) is -0.973. The Morgan fingerprint density at radius 3 is 2.67 bits per heavy atom. The largest absolute Gasteiger partial charge is 0.351 e. The van der Waals surface area contributed by atoms with E-state index in [-0.39, 0.29) is 17.4 Å². The zero-order chi connectivity index (χ0) is 19.4. The molecule has 1 aromatic carbocycles. The van der Waals surface area contributed by atoms with Crippen molar-refractivity contribution in [3.05, 3.63) is 57.1 Å². The molecule has 0 spiro atoms. The fraction of sp³-hybridized carbons (Fsp3) is 0.294. The smallest absolute Gasteiger partial charge is 0.348 e. The number of carbonyl (C=O) groups excluding carboxylic acids is 1. The predicted molar refractivity (Wildman–Crippen MR) is 95.6 cm³/mol. The molecule has 3 aromatic rings. The quantitative estimate of drug-likeness (QED) is 0.627. The van der Waals surface area contributed by atoms with Crippen molar-refractivity contribution in [1.82, 2.24) is 29.8 Å². The summed E-state index contributed by atoms with van der Waals surface area (Å²) in [6.45, 7) is 2.48. The number of nitrogens with one attached hydrogen (secondary N) is 1. The third-order valence-corrected chi connectivity index (χ3v) is 3.82. The third kappa shape index (κ3) is 3.68. The van der Waals surface area contributed by atoms with Crippen LogP contribution in [0, 0.1) is 0 Å². The Morgan fingerprint density at radius 2 is 1.96 bits per heavy atom. The first-order valence-corrected chi connectivity index (χ1v) is 8.41. The number of benzene rings is 1. The lowest BCUT2D eigenvalue weighted by molar-refractivity contribution is 0.0909. The van der Waals surface area contributed by atoms with Gasteiger partial charge in [-0.3, -0.25) is 14.2 Å². The monoisotopic (exact) mass is 370 g/mol. The number of amides is 1. The minimum Gasteiger partial charge on any atom is -0.348 e. The molecule has 0 aliphatic rings. The minimum atomic E-state index is -0.689. The molecule has 1 amide bonds. The van der Waals surface area contributed by atoms with Crippen molar-refractivity contribution in [1.29, 1.82) is 0 Å². The summed E-state index contributed by atoms with van der Waals surface area (Å²) in [5, 5.41) is 10.4. The lowest BCUT2D eigenvalue weighted by atomic mass is 10.3. The number of aromatic nitrogens is 5. The van der Waals surface area contributed by atoms with Gasteiger partial charge in [-0.1, -0.05) is 36.7 Å². The van der Waals surface area contributed by atoms with Gasteiger partial charge in [0.2, 0.25) is 5.82 Å². The van der Waals surface area contributed by atoms with E-state index in [1.165, 1.54) is 7.05 Å². The highest BCUT2D eigenvalue weighted by Crippen LogP contribution is 2.09. The molecule has 140 valence electrons. The second kappa shape index (κ2) is 7.77. The van der Waals surface area contributed by atoms with Crippen LogP contribution in [0.1, 0.15) is 30.5 Å². The number of unbranched alkanes of at least 4 members (excludes halogenated alkanes) is 1. The Labute approximate surface area is 153 Å². The number of nitrogens with zero attached hydrogens (tertiary/aromatic N) is 5. The van der Waals surface area contributed by atoms with Gasteiger partial charge in [0.1, 0.15) is 0 Å². The van der Waals surface area contributed by atoms with E-state index < -0.39 is 17.2 Å². The maximum Gasteiger partial charge on any atom is 0.351 e. The van der Waals surface area contributed by atoms with Crippen LogP contribution >= 0.6 is 0 Å². The number of hydrogen-bond acceptors (Lipinski definition) is 7. The van der Waals surface area contributed by atoms with E-state index in [2.05, 4.69) is 20.6 Å². The van der Waals surface area contributed by atoms with Crippen LogP contribution in [0.3, 0.4) is 0 Å². The van der Waals surface area contributed by atoms with Gasteiger partial charge in [0.05, 0.1) is 5.69 Å². The number of rotatable bonds is 6. The highest BCUT2D eigenvalue weighted by atomic mass is 16.5. The van der Waals surface area contributed by atoms with Crippen molar-refractivity contribution >= 4 is 5.91 Å². The summed E-state index contributed by atoms with van der Waals surface area (Å²) in [5.41, 5.74) is -1.03. The summed E-state index contributed by atoms with van der Waals surface area (Å²) in [6, 6.07) is 8.61. The van der Waals surface area contributed by atoms with E-state index in [0.29, 0.717) is 12.2 Å². The summed E-state index contributed by atoms with van der Waals surface area (Å²) in [4.78, 5) is 40.7. The maximum absolute atomic E-state index is 12.4. The standard InChI is InChI=1S/C17H18N6O4/c1-3-4-10-18-14(24)15-19-13(21-27-15)12-16(25)22(2)17(26)23(20-12)11-8-6-5-7-9-11/h5-9H,3-4,10H2,1-2H3,(H,18,24). The summed E-state index contributed by atoms with van der Waals surface area (Å²) in [7, 11) is 1.33. The van der Waals surface area contributed by atoms with Crippen LogP contribution in [0.25, 0.3) is 17.2 Å². The lowest BCUT2D eigenvalue weighted by Crippen LogP contribution is -2.40. The molecule has 0 radical (unpaired) electrons. The zero-order valence-corrected chi connectivity index (χ0v) is 14.9. The first kappa shape index (κ1) is 18.2. The molecule has 27 heavy (non-hydrogen) atoms. The Balaban J connectivity index is 2.01. The van der Waals surface area contributed by atoms with E-state index in [1.807, 2.05) is 6.92 Å². The first-order valence-electron chi connectivity index (χ1n) is 8.41. The van der Waals surface area contributed by atoms with Crippen molar-refractivity contribution < 1.29 is 9.32 Å². The summed E-state index contributed by atoms with van der Waals surface area (Å²) < 4.78 is 6.89. The predicted octanol–water partition coefficient (Wildman–Crippen LogP) is 0.511. The number of para-hydroxylation sites is 1. The molecule has 10 heteroatoms. The van der Waals surface area contributed by atoms with E-state index >= 15 is 0 Å². The Morgan fingerprint density at radius 1 is 1.22 bits per heavy atom. The topological polar surface area (TPSA) is 125 Å². The molecular formula is C17H18N6O4. The van der Waals surface area contributed by atoms with Crippen molar-refractivity contribution in [2.45, 2.75) is 19.8 Å². The van der Waals surface area contributed by atoms with Gasteiger partial charge in [-0.2, -0.15) is 14.8 Å². The Hall–Kier alpha value is -3.56. The lowest BCUT2D eigenvalue weighted by Gasteiger charge is -2.07. The van der Waals surface area contributed by atoms with Gasteiger partial charge in [-0.25, -0.2) is 4.79 Å². The van der Waals surface area contributed by atoms with E-state index in [4.69, 9.17) is 4.52 Å². The molecule has 0 saturated carbocycles. The highest BCUT2D eigenvalue weighted by molar-refractivity contribution is 5.89. The summed E-state index contributed by atoms with van der Waals surface area (Å²) in [6.07, 6.45) is 1.74. The van der Waals surface area contributed by atoms with Crippen LogP contribution in [-0.2, 0) is 7.05 Å². The molecular weight excluding hydrogens is 352 g/mol. The molecule has 0 aliphatic heterocycles. The minimum absolute atomic E-state index is 0.166. The molecule has 3 rings (SSSR count). The van der Waals surface area contributed by atoms with Gasteiger partial charge in [0.25, 0.3) is 5.56 Å². The Kier molecular flexibility index (Phi) is 5.25. The van der Waals surface area contributed by atoms with Crippen LogP contribution in [0.5, 0.6) is 0 Å². The van der Waals surface area contributed by atoms with Gasteiger partial charge in [0, 0.05) is 13.6 Å². The third-order valence-electron chi connectivity index (χ3n) is 3.82. The SMILES string of the molecule is CCCCNC(=O)c1nc(-c2nn(-c3ccccc3)c(=O)n(C)c2=O)no1. The number of carbonyl (C=O) groups is 1. The molecule has 2 aromatic heterocycles. The fourth-order valence-corrected chi connectivity index (χ4v) is 2.32. The molecule has 0 aliphatic carbocycles. The average Bonchev–Trinajstić information content (AvgIpc) is 3.17. The van der Waals surface area contributed by atoms with Crippen LogP contribution in [-0.4, -0.2) is 36.9 Å². The molecule has 2 heterocycles. The zero-order valence-electron chi connectivity index (χ0n) is 14.9. The molecule has 0 bridgehead atoms. The van der Waals surface area contributed by atoms with Gasteiger partial charge in [-0.05, 0) is 18.6 Å². The van der Waals surface area contributed by atoms with Crippen LogP contribution in [0.4, 0.5) is 0 Å². The van der Waals surface area contributed by atoms with E-state index in [1.54, 1.807) is 30.3 Å². The molecule has 0 atom stereocenters. The number of hydrogen-bond donors (Lipinski definition) is 1. The van der Waals surface area contributed by atoms with Crippen molar-refractivity contribution in [2.75, 3.05) is 6.54 Å². The molecule has 0 fully saturated rings. The van der Waals surface area contributed by atoms with E-state index in [9.17, 15) is 14.4 Å². The van der Waals surface area contributed by atoms with Gasteiger partial charge < -0.3 is 9.84 Å². The fourth-order valence-electron chi connectivity index (χ4n) is 2.32. The second-order valence-electron chi connectivity index (χ2n) is 5.78. The van der Waals surface area contributed by atoms with E-state index in [0.717, 1.165) is 22.1 Å². The highest BCUT2D eigenvalue weighted by Gasteiger charge is 2.21. The van der Waals surface area contributed by atoms with Gasteiger partial charge in [-0.15, -0.1) is 0 Å². The first-order chi connectivity index (χ1) is 13.0. The van der Waals surface area contributed by atoms with Gasteiger partial charge in [0.15, 0.2) is 5.69 Å². The average molecular weight is 370 g/mol. The Bertz CT molecular complexity index is 1070. The van der Waals surface area contributed by atoms with Crippen LogP contribution < -0.4 is 16.6 Å². The van der Waals surface area contributed by atoms with Gasteiger partial charge >= 0.3 is 17.5 Å². The molecule has 1 N–H and O–H groups in total. The second-order valence-corrected chi connectivity index (χ2v) is 5.78. The van der Waals surface area contributed by atoms with Crippen LogP contribution in [0.2, 0.25) is 0 Å².